The first-order chi connectivity index (χ1) is 9.72. The van der Waals surface area contributed by atoms with Crippen molar-refractivity contribution in [2.75, 3.05) is 26.2 Å². The van der Waals surface area contributed by atoms with Gasteiger partial charge in [-0.05, 0) is 18.9 Å². The van der Waals surface area contributed by atoms with Crippen LogP contribution in [0.25, 0.3) is 0 Å². The van der Waals surface area contributed by atoms with Gasteiger partial charge in [-0.25, -0.2) is 4.39 Å². The molecule has 2 aliphatic rings. The molecule has 1 saturated heterocycles. The van der Waals surface area contributed by atoms with Gasteiger partial charge in [-0.3, -0.25) is 14.5 Å². The van der Waals surface area contributed by atoms with E-state index in [0.29, 0.717) is 0 Å². The van der Waals surface area contributed by atoms with E-state index in [0.717, 1.165) is 57.7 Å². The molecule has 1 saturated carbocycles. The molecule has 112 valence electrons. The summed E-state index contributed by atoms with van der Waals surface area (Å²) >= 11 is 0. The zero-order valence-electron chi connectivity index (χ0n) is 12.3. The summed E-state index contributed by atoms with van der Waals surface area (Å²) in [7, 11) is 1.95. The Balaban J connectivity index is 1.49. The lowest BCUT2D eigenvalue weighted by atomic mass is 9.92. The van der Waals surface area contributed by atoms with E-state index in [4.69, 9.17) is 0 Å². The van der Waals surface area contributed by atoms with E-state index in [9.17, 15) is 4.39 Å². The minimum atomic E-state index is -0.605. The maximum Gasteiger partial charge on any atom is 0.116 e. The quantitative estimate of drug-likeness (QED) is 0.844. The number of halogens is 1. The van der Waals surface area contributed by atoms with Crippen LogP contribution in [0.3, 0.4) is 0 Å². The Bertz CT molecular complexity index is 425. The Morgan fingerprint density at radius 1 is 1.20 bits per heavy atom. The Morgan fingerprint density at radius 2 is 1.95 bits per heavy atom. The fourth-order valence-electron chi connectivity index (χ4n) is 3.51. The average molecular weight is 280 g/mol. The summed E-state index contributed by atoms with van der Waals surface area (Å²) in [4.78, 5) is 4.80. The van der Waals surface area contributed by atoms with Gasteiger partial charge in [-0.1, -0.05) is 12.8 Å². The molecule has 1 aliphatic carbocycles. The molecule has 0 unspecified atom stereocenters. The van der Waals surface area contributed by atoms with Crippen molar-refractivity contribution in [1.82, 2.24) is 19.6 Å². The summed E-state index contributed by atoms with van der Waals surface area (Å²) in [6.45, 7) is 4.97. The molecule has 0 spiro atoms. The fraction of sp³-hybridized carbons (Fsp3) is 0.800. The van der Waals surface area contributed by atoms with Crippen LogP contribution < -0.4 is 0 Å². The summed E-state index contributed by atoms with van der Waals surface area (Å²) in [5.74, 6) is 0. The highest BCUT2D eigenvalue weighted by Gasteiger charge is 2.31. The molecule has 0 amide bonds. The number of alkyl halides is 1. The van der Waals surface area contributed by atoms with Gasteiger partial charge in [0.25, 0.3) is 0 Å². The maximum atomic E-state index is 14.0. The monoisotopic (exact) mass is 280 g/mol. The van der Waals surface area contributed by atoms with Crippen molar-refractivity contribution in [3.05, 3.63) is 18.0 Å². The molecule has 2 fully saturated rings. The second-order valence-corrected chi connectivity index (χ2v) is 6.16. The SMILES string of the molecule is Cn1ccc(CN2CCN([C@@H]3CCCC[C@H]3F)CC2)n1. The van der Waals surface area contributed by atoms with E-state index in [1.807, 2.05) is 17.9 Å². The number of hydrogen-bond donors (Lipinski definition) is 0. The van der Waals surface area contributed by atoms with Gasteiger partial charge in [0.15, 0.2) is 0 Å². The minimum Gasteiger partial charge on any atom is -0.295 e. The second kappa shape index (κ2) is 6.22. The van der Waals surface area contributed by atoms with Crippen molar-refractivity contribution in [3.63, 3.8) is 0 Å². The Morgan fingerprint density at radius 3 is 2.60 bits per heavy atom. The number of aromatic nitrogens is 2. The first kappa shape index (κ1) is 14.0. The van der Waals surface area contributed by atoms with E-state index in [1.165, 1.54) is 6.42 Å². The second-order valence-electron chi connectivity index (χ2n) is 6.16. The van der Waals surface area contributed by atoms with Crippen LogP contribution in [0.15, 0.2) is 12.3 Å². The van der Waals surface area contributed by atoms with Crippen molar-refractivity contribution in [2.24, 2.45) is 7.05 Å². The molecule has 0 N–H and O–H groups in total. The molecule has 1 aromatic heterocycles. The lowest BCUT2D eigenvalue weighted by molar-refractivity contribution is 0.0323. The van der Waals surface area contributed by atoms with E-state index < -0.39 is 6.17 Å². The van der Waals surface area contributed by atoms with Crippen LogP contribution in [0, 0.1) is 0 Å². The fourth-order valence-corrected chi connectivity index (χ4v) is 3.51. The van der Waals surface area contributed by atoms with Gasteiger partial charge in [0.1, 0.15) is 6.17 Å². The van der Waals surface area contributed by atoms with Crippen LogP contribution in [0.2, 0.25) is 0 Å². The van der Waals surface area contributed by atoms with E-state index in [-0.39, 0.29) is 6.04 Å². The number of piperazine rings is 1. The van der Waals surface area contributed by atoms with Crippen molar-refractivity contribution < 1.29 is 4.39 Å². The average Bonchev–Trinajstić information content (AvgIpc) is 2.86. The summed E-state index contributed by atoms with van der Waals surface area (Å²) in [5, 5.41) is 4.43. The van der Waals surface area contributed by atoms with Gasteiger partial charge < -0.3 is 0 Å². The number of aryl methyl sites for hydroxylation is 1. The smallest absolute Gasteiger partial charge is 0.116 e. The Kier molecular flexibility index (Phi) is 4.36. The lowest BCUT2D eigenvalue weighted by Gasteiger charge is -2.41. The predicted octanol–water partition coefficient (Wildman–Crippen LogP) is 1.82. The van der Waals surface area contributed by atoms with Crippen LogP contribution in [0.5, 0.6) is 0 Å². The summed E-state index contributed by atoms with van der Waals surface area (Å²) in [5.41, 5.74) is 1.13. The molecule has 2 atom stereocenters. The van der Waals surface area contributed by atoms with Crippen LogP contribution in [0.1, 0.15) is 31.4 Å². The van der Waals surface area contributed by atoms with Gasteiger partial charge in [0.2, 0.25) is 0 Å². The highest BCUT2D eigenvalue weighted by Crippen LogP contribution is 2.26. The first-order valence-corrected chi connectivity index (χ1v) is 7.81. The topological polar surface area (TPSA) is 24.3 Å². The molecule has 0 aromatic carbocycles. The van der Waals surface area contributed by atoms with Gasteiger partial charge in [-0.15, -0.1) is 0 Å². The van der Waals surface area contributed by atoms with Gasteiger partial charge in [-0.2, -0.15) is 5.10 Å². The molecule has 3 rings (SSSR count). The Labute approximate surface area is 120 Å². The predicted molar refractivity (Wildman–Crippen MR) is 77.2 cm³/mol. The van der Waals surface area contributed by atoms with Gasteiger partial charge in [0.05, 0.1) is 5.69 Å². The molecule has 1 aromatic rings. The highest BCUT2D eigenvalue weighted by molar-refractivity contribution is 4.99. The third kappa shape index (κ3) is 3.20. The summed E-state index contributed by atoms with van der Waals surface area (Å²) in [6.07, 6.45) is 5.45. The molecule has 0 bridgehead atoms. The number of hydrogen-bond acceptors (Lipinski definition) is 3. The molecule has 1 aliphatic heterocycles. The third-order valence-corrected chi connectivity index (χ3v) is 4.68. The van der Waals surface area contributed by atoms with Crippen LogP contribution in [-0.2, 0) is 13.6 Å². The van der Waals surface area contributed by atoms with Crippen LogP contribution in [0.4, 0.5) is 4.39 Å². The number of rotatable bonds is 3. The molecule has 5 heteroatoms. The van der Waals surface area contributed by atoms with E-state index in [1.54, 1.807) is 0 Å². The van der Waals surface area contributed by atoms with Crippen molar-refractivity contribution in [3.8, 4) is 0 Å². The largest absolute Gasteiger partial charge is 0.295 e. The third-order valence-electron chi connectivity index (χ3n) is 4.68. The van der Waals surface area contributed by atoms with Gasteiger partial charge >= 0.3 is 0 Å². The summed E-state index contributed by atoms with van der Waals surface area (Å²) < 4.78 is 15.9. The lowest BCUT2D eigenvalue weighted by Crippen LogP contribution is -2.53. The standard InChI is InChI=1S/C15H25FN4/c1-18-7-6-13(17-18)12-19-8-10-20(11-9-19)15-5-3-2-4-14(15)16/h6-7,14-15H,2-5,8-12H2,1H3/t14-,15-/m1/s1. The van der Waals surface area contributed by atoms with Crippen molar-refractivity contribution >= 4 is 0 Å². The van der Waals surface area contributed by atoms with Crippen molar-refractivity contribution in [2.45, 2.75) is 44.4 Å². The normalized spacial score (nSPS) is 29.7. The number of nitrogens with zero attached hydrogens (tertiary/aromatic N) is 4. The van der Waals surface area contributed by atoms with Crippen molar-refractivity contribution in [1.29, 1.82) is 0 Å². The van der Waals surface area contributed by atoms with Gasteiger partial charge in [0, 0.05) is 52.0 Å². The minimum absolute atomic E-state index is 0.181. The van der Waals surface area contributed by atoms with Crippen LogP contribution >= 0.6 is 0 Å². The molecule has 4 nitrogen and oxygen atoms in total. The van der Waals surface area contributed by atoms with E-state index in [2.05, 4.69) is 21.0 Å². The maximum absolute atomic E-state index is 14.0. The van der Waals surface area contributed by atoms with Crippen LogP contribution in [-0.4, -0.2) is 58.0 Å². The Hall–Kier alpha value is -0.940. The van der Waals surface area contributed by atoms with E-state index >= 15 is 0 Å². The zero-order valence-corrected chi connectivity index (χ0v) is 12.3. The summed E-state index contributed by atoms with van der Waals surface area (Å²) in [6, 6.07) is 2.26. The molecule has 20 heavy (non-hydrogen) atoms. The molecule has 2 heterocycles. The molecular weight excluding hydrogens is 255 g/mol. The molecule has 0 radical (unpaired) electrons. The molecular formula is C15H25FN4. The first-order valence-electron chi connectivity index (χ1n) is 7.81. The zero-order chi connectivity index (χ0) is 13.9. The highest BCUT2D eigenvalue weighted by atomic mass is 19.1.